The first kappa shape index (κ1) is 14.8. The van der Waals surface area contributed by atoms with Crippen LogP contribution in [0.15, 0.2) is 46.9 Å². The third kappa shape index (κ3) is 3.56. The number of benzene rings is 2. The van der Waals surface area contributed by atoms with E-state index in [4.69, 9.17) is 0 Å². The molecule has 0 spiro atoms. The zero-order valence-corrected chi connectivity index (χ0v) is 14.1. The summed E-state index contributed by atoms with van der Waals surface area (Å²) in [5.41, 5.74) is 5.92. The van der Waals surface area contributed by atoms with Crippen LogP contribution in [0.2, 0.25) is 0 Å². The lowest BCUT2D eigenvalue weighted by atomic mass is 9.88. The summed E-state index contributed by atoms with van der Waals surface area (Å²) in [6, 6.07) is 16.1. The van der Waals surface area contributed by atoms with Crippen molar-refractivity contribution in [2.45, 2.75) is 45.2 Å². The largest absolute Gasteiger partial charge is 0.310 e. The van der Waals surface area contributed by atoms with Crippen molar-refractivity contribution in [1.29, 1.82) is 0 Å². The molecule has 21 heavy (non-hydrogen) atoms. The highest BCUT2D eigenvalue weighted by Gasteiger charge is 2.18. The number of nitrogens with one attached hydrogen (secondary N) is 1. The standard InChI is InChI=1S/C19H22BrN/c1-2-14-5-3-4-6-17(14)13-21-19-10-8-15-11-18(20)9-7-16(15)12-19/h3-7,9,11,19,21H,2,8,10,12-13H2,1H3. The van der Waals surface area contributed by atoms with E-state index in [0.29, 0.717) is 6.04 Å². The normalized spacial score (nSPS) is 17.5. The molecule has 0 amide bonds. The molecular formula is C19H22BrN. The molecule has 0 fully saturated rings. The zero-order chi connectivity index (χ0) is 14.7. The molecule has 2 aromatic carbocycles. The van der Waals surface area contributed by atoms with Crippen LogP contribution in [0.25, 0.3) is 0 Å². The van der Waals surface area contributed by atoms with Crippen molar-refractivity contribution in [3.05, 3.63) is 69.2 Å². The molecule has 1 atom stereocenters. The first-order valence-electron chi connectivity index (χ1n) is 7.83. The first-order chi connectivity index (χ1) is 10.3. The molecular weight excluding hydrogens is 322 g/mol. The second-order valence-electron chi connectivity index (χ2n) is 5.86. The molecule has 0 aliphatic heterocycles. The van der Waals surface area contributed by atoms with Gasteiger partial charge >= 0.3 is 0 Å². The fourth-order valence-electron chi connectivity index (χ4n) is 3.23. The van der Waals surface area contributed by atoms with Gasteiger partial charge in [0.05, 0.1) is 0 Å². The fraction of sp³-hybridized carbons (Fsp3) is 0.368. The van der Waals surface area contributed by atoms with Gasteiger partial charge in [-0.3, -0.25) is 0 Å². The molecule has 1 N–H and O–H groups in total. The maximum Gasteiger partial charge on any atom is 0.0210 e. The van der Waals surface area contributed by atoms with Gasteiger partial charge in [-0.05, 0) is 60.1 Å². The molecule has 3 rings (SSSR count). The summed E-state index contributed by atoms with van der Waals surface area (Å²) in [6.45, 7) is 3.22. The summed E-state index contributed by atoms with van der Waals surface area (Å²) in [4.78, 5) is 0. The topological polar surface area (TPSA) is 12.0 Å². The predicted molar refractivity (Wildman–Crippen MR) is 92.6 cm³/mol. The summed E-state index contributed by atoms with van der Waals surface area (Å²) < 4.78 is 1.20. The van der Waals surface area contributed by atoms with E-state index in [9.17, 15) is 0 Å². The van der Waals surface area contributed by atoms with E-state index in [1.807, 2.05) is 0 Å². The van der Waals surface area contributed by atoms with E-state index in [2.05, 4.69) is 70.6 Å². The van der Waals surface area contributed by atoms with Gasteiger partial charge in [-0.2, -0.15) is 0 Å². The number of hydrogen-bond acceptors (Lipinski definition) is 1. The van der Waals surface area contributed by atoms with Crippen molar-refractivity contribution >= 4 is 15.9 Å². The minimum Gasteiger partial charge on any atom is -0.310 e. The Kier molecular flexibility index (Phi) is 4.77. The molecule has 0 radical (unpaired) electrons. The Hall–Kier alpha value is -1.12. The third-order valence-electron chi connectivity index (χ3n) is 4.48. The van der Waals surface area contributed by atoms with Crippen molar-refractivity contribution in [2.75, 3.05) is 0 Å². The van der Waals surface area contributed by atoms with Crippen LogP contribution in [0.3, 0.4) is 0 Å². The first-order valence-corrected chi connectivity index (χ1v) is 8.63. The highest BCUT2D eigenvalue weighted by atomic mass is 79.9. The van der Waals surface area contributed by atoms with E-state index in [1.54, 1.807) is 0 Å². The number of rotatable bonds is 4. The maximum absolute atomic E-state index is 3.76. The second-order valence-corrected chi connectivity index (χ2v) is 6.77. The summed E-state index contributed by atoms with van der Waals surface area (Å²) in [5, 5.41) is 3.76. The molecule has 0 saturated carbocycles. The van der Waals surface area contributed by atoms with Gasteiger partial charge in [-0.1, -0.05) is 53.2 Å². The molecule has 2 aromatic rings. The van der Waals surface area contributed by atoms with Crippen LogP contribution in [0.4, 0.5) is 0 Å². The summed E-state index contributed by atoms with van der Waals surface area (Å²) in [5.74, 6) is 0. The minimum atomic E-state index is 0.601. The molecule has 0 saturated heterocycles. The maximum atomic E-state index is 3.76. The van der Waals surface area contributed by atoms with Crippen LogP contribution in [0.5, 0.6) is 0 Å². The van der Waals surface area contributed by atoms with Crippen LogP contribution in [0, 0.1) is 0 Å². The Morgan fingerprint density at radius 2 is 1.90 bits per heavy atom. The molecule has 1 unspecified atom stereocenters. The lowest BCUT2D eigenvalue weighted by Crippen LogP contribution is -2.34. The van der Waals surface area contributed by atoms with Crippen molar-refractivity contribution in [3.63, 3.8) is 0 Å². The van der Waals surface area contributed by atoms with Crippen LogP contribution < -0.4 is 5.32 Å². The zero-order valence-electron chi connectivity index (χ0n) is 12.5. The Balaban J connectivity index is 1.64. The average molecular weight is 344 g/mol. The summed E-state index contributed by atoms with van der Waals surface area (Å²) >= 11 is 3.57. The third-order valence-corrected chi connectivity index (χ3v) is 4.97. The molecule has 1 aliphatic carbocycles. The molecule has 0 heterocycles. The minimum absolute atomic E-state index is 0.601. The molecule has 1 nitrogen and oxygen atoms in total. The van der Waals surface area contributed by atoms with Crippen molar-refractivity contribution < 1.29 is 0 Å². The average Bonchev–Trinajstić information content (AvgIpc) is 2.53. The van der Waals surface area contributed by atoms with Gasteiger partial charge in [-0.15, -0.1) is 0 Å². The van der Waals surface area contributed by atoms with Crippen LogP contribution >= 0.6 is 15.9 Å². The highest BCUT2D eigenvalue weighted by Crippen LogP contribution is 2.25. The number of halogens is 1. The Bertz CT molecular complexity index is 621. The van der Waals surface area contributed by atoms with Gasteiger partial charge in [0.15, 0.2) is 0 Å². The smallest absolute Gasteiger partial charge is 0.0210 e. The second kappa shape index (κ2) is 6.76. The summed E-state index contributed by atoms with van der Waals surface area (Å²) in [6.07, 6.45) is 4.68. The predicted octanol–water partition coefficient (Wildman–Crippen LogP) is 4.66. The van der Waals surface area contributed by atoms with Crippen molar-refractivity contribution in [3.8, 4) is 0 Å². The molecule has 1 aliphatic rings. The fourth-order valence-corrected chi connectivity index (χ4v) is 3.64. The van der Waals surface area contributed by atoms with E-state index < -0.39 is 0 Å². The summed E-state index contributed by atoms with van der Waals surface area (Å²) in [7, 11) is 0. The van der Waals surface area contributed by atoms with Crippen molar-refractivity contribution in [2.24, 2.45) is 0 Å². The lowest BCUT2D eigenvalue weighted by Gasteiger charge is -2.26. The highest BCUT2D eigenvalue weighted by molar-refractivity contribution is 9.10. The Morgan fingerprint density at radius 1 is 1.10 bits per heavy atom. The van der Waals surface area contributed by atoms with Gasteiger partial charge in [-0.25, -0.2) is 0 Å². The van der Waals surface area contributed by atoms with Crippen LogP contribution in [0.1, 0.15) is 35.6 Å². The van der Waals surface area contributed by atoms with E-state index in [0.717, 1.165) is 19.4 Å². The van der Waals surface area contributed by atoms with E-state index in [-0.39, 0.29) is 0 Å². The molecule has 110 valence electrons. The Labute approximate surface area is 135 Å². The lowest BCUT2D eigenvalue weighted by molar-refractivity contribution is 0.457. The quantitative estimate of drug-likeness (QED) is 0.851. The molecule has 2 heteroatoms. The number of aryl methyl sites for hydroxylation is 2. The van der Waals surface area contributed by atoms with Gasteiger partial charge in [0.25, 0.3) is 0 Å². The van der Waals surface area contributed by atoms with E-state index in [1.165, 1.54) is 39.6 Å². The van der Waals surface area contributed by atoms with E-state index >= 15 is 0 Å². The monoisotopic (exact) mass is 343 g/mol. The van der Waals surface area contributed by atoms with Crippen LogP contribution in [-0.2, 0) is 25.8 Å². The van der Waals surface area contributed by atoms with Gasteiger partial charge in [0, 0.05) is 17.1 Å². The Morgan fingerprint density at radius 3 is 2.71 bits per heavy atom. The number of fused-ring (bicyclic) bond motifs is 1. The number of hydrogen-bond donors (Lipinski definition) is 1. The van der Waals surface area contributed by atoms with Crippen molar-refractivity contribution in [1.82, 2.24) is 5.32 Å². The molecule has 0 bridgehead atoms. The van der Waals surface area contributed by atoms with Gasteiger partial charge < -0.3 is 5.32 Å². The SMILES string of the molecule is CCc1ccccc1CNC1CCc2cc(Br)ccc2C1. The molecule has 0 aromatic heterocycles. The van der Waals surface area contributed by atoms with Gasteiger partial charge in [0.1, 0.15) is 0 Å². The van der Waals surface area contributed by atoms with Gasteiger partial charge in [0.2, 0.25) is 0 Å². The van der Waals surface area contributed by atoms with Crippen LogP contribution in [-0.4, -0.2) is 6.04 Å².